The average Bonchev–Trinajstić information content (AvgIpc) is 3.39. The van der Waals surface area contributed by atoms with Gasteiger partial charge in [-0.15, -0.1) is 0 Å². The first kappa shape index (κ1) is 18.9. The lowest BCUT2D eigenvalue weighted by atomic mass is 10.1. The number of aryl methyl sites for hydroxylation is 1. The minimum atomic E-state index is -0.240. The summed E-state index contributed by atoms with van der Waals surface area (Å²) in [4.78, 5) is 33.3. The molecule has 0 bridgehead atoms. The summed E-state index contributed by atoms with van der Waals surface area (Å²) in [7, 11) is 0. The molecular weight excluding hydrogens is 384 g/mol. The first-order valence-corrected chi connectivity index (χ1v) is 10.3. The molecule has 0 unspecified atom stereocenters. The van der Waals surface area contributed by atoms with E-state index in [-0.39, 0.29) is 24.3 Å². The Morgan fingerprint density at radius 1 is 1.20 bits per heavy atom. The fourth-order valence-electron chi connectivity index (χ4n) is 4.31. The molecule has 1 saturated heterocycles. The molecule has 156 valence electrons. The van der Waals surface area contributed by atoms with E-state index in [1.54, 1.807) is 11.1 Å². The predicted molar refractivity (Wildman–Crippen MR) is 108 cm³/mol. The van der Waals surface area contributed by atoms with Gasteiger partial charge < -0.3 is 9.32 Å². The normalized spacial score (nSPS) is 19.2. The van der Waals surface area contributed by atoms with E-state index in [1.165, 1.54) is 5.06 Å². The molecule has 3 aromatic rings. The summed E-state index contributed by atoms with van der Waals surface area (Å²) in [5.41, 5.74) is 2.44. The molecule has 30 heavy (non-hydrogen) atoms. The Labute approximate surface area is 173 Å². The Morgan fingerprint density at radius 3 is 2.87 bits per heavy atom. The summed E-state index contributed by atoms with van der Waals surface area (Å²) in [6, 6.07) is 9.29. The SMILES string of the molecule is Cc1c(C(=O)N2Cc3ccnn3[C@@H](CC(=O)N3CCCCO3)C2)oc2ccccc12. The van der Waals surface area contributed by atoms with Crippen LogP contribution in [0, 0.1) is 6.92 Å². The molecule has 2 amide bonds. The van der Waals surface area contributed by atoms with Gasteiger partial charge in [0.1, 0.15) is 5.58 Å². The van der Waals surface area contributed by atoms with Gasteiger partial charge in [-0.25, -0.2) is 5.06 Å². The third kappa shape index (κ3) is 3.27. The van der Waals surface area contributed by atoms with Gasteiger partial charge in [0, 0.05) is 30.2 Å². The first-order chi connectivity index (χ1) is 14.6. The molecular formula is C22H24N4O4. The number of amides is 2. The van der Waals surface area contributed by atoms with Crippen LogP contribution in [-0.2, 0) is 16.2 Å². The molecule has 0 aliphatic carbocycles. The zero-order valence-corrected chi connectivity index (χ0v) is 16.9. The van der Waals surface area contributed by atoms with E-state index in [0.717, 1.165) is 29.5 Å². The maximum absolute atomic E-state index is 13.3. The van der Waals surface area contributed by atoms with Crippen molar-refractivity contribution in [3.8, 4) is 0 Å². The van der Waals surface area contributed by atoms with Gasteiger partial charge in [0.05, 0.1) is 31.3 Å². The molecule has 2 aliphatic heterocycles. The molecule has 0 saturated carbocycles. The lowest BCUT2D eigenvalue weighted by Crippen LogP contribution is -2.44. The standard InChI is InChI=1S/C22H24N4O4/c1-15-18-6-2-3-7-19(18)30-21(15)22(28)24-13-16-8-9-23-26(16)17(14-24)12-20(27)25-10-4-5-11-29-25/h2-3,6-9,17H,4-5,10-14H2,1H3/t17-/m0/s1. The van der Waals surface area contributed by atoms with E-state index in [4.69, 9.17) is 9.25 Å². The molecule has 5 rings (SSSR count). The molecule has 1 aromatic carbocycles. The molecule has 1 atom stereocenters. The van der Waals surface area contributed by atoms with Gasteiger partial charge in [-0.1, -0.05) is 18.2 Å². The average molecular weight is 408 g/mol. The van der Waals surface area contributed by atoms with E-state index in [0.29, 0.717) is 37.6 Å². The molecule has 2 aromatic heterocycles. The van der Waals surface area contributed by atoms with Gasteiger partial charge >= 0.3 is 0 Å². The van der Waals surface area contributed by atoms with Crippen LogP contribution in [-0.4, -0.2) is 51.3 Å². The van der Waals surface area contributed by atoms with Gasteiger partial charge in [0.25, 0.3) is 5.91 Å². The van der Waals surface area contributed by atoms with Crippen LogP contribution in [0.4, 0.5) is 0 Å². The van der Waals surface area contributed by atoms with Crippen molar-refractivity contribution in [3.63, 3.8) is 0 Å². The fourth-order valence-corrected chi connectivity index (χ4v) is 4.31. The number of hydrogen-bond donors (Lipinski definition) is 0. The van der Waals surface area contributed by atoms with Crippen molar-refractivity contribution >= 4 is 22.8 Å². The summed E-state index contributed by atoms with van der Waals surface area (Å²) >= 11 is 0. The second-order valence-electron chi connectivity index (χ2n) is 7.90. The second kappa shape index (κ2) is 7.60. The van der Waals surface area contributed by atoms with E-state index in [1.807, 2.05) is 41.9 Å². The van der Waals surface area contributed by atoms with Crippen LogP contribution in [0.25, 0.3) is 11.0 Å². The summed E-state index contributed by atoms with van der Waals surface area (Å²) in [5, 5.41) is 6.80. The molecule has 2 aliphatic rings. The Kier molecular flexibility index (Phi) is 4.78. The van der Waals surface area contributed by atoms with Gasteiger partial charge in [-0.3, -0.25) is 19.1 Å². The van der Waals surface area contributed by atoms with Crippen molar-refractivity contribution in [3.05, 3.63) is 53.5 Å². The minimum absolute atomic E-state index is 0.0737. The van der Waals surface area contributed by atoms with Crippen molar-refractivity contribution in [1.29, 1.82) is 0 Å². The summed E-state index contributed by atoms with van der Waals surface area (Å²) in [6.07, 6.45) is 3.86. The van der Waals surface area contributed by atoms with Gasteiger partial charge in [-0.2, -0.15) is 5.10 Å². The quantitative estimate of drug-likeness (QED) is 0.665. The van der Waals surface area contributed by atoms with Crippen LogP contribution < -0.4 is 0 Å². The molecule has 0 radical (unpaired) electrons. The van der Waals surface area contributed by atoms with Crippen molar-refractivity contribution in [2.45, 2.75) is 38.8 Å². The number of rotatable bonds is 3. The van der Waals surface area contributed by atoms with Gasteiger partial charge in [0.15, 0.2) is 5.76 Å². The number of nitrogens with zero attached hydrogens (tertiary/aromatic N) is 4. The molecule has 4 heterocycles. The maximum atomic E-state index is 13.3. The first-order valence-electron chi connectivity index (χ1n) is 10.3. The Hall–Kier alpha value is -3.13. The maximum Gasteiger partial charge on any atom is 0.290 e. The monoisotopic (exact) mass is 408 g/mol. The highest BCUT2D eigenvalue weighted by atomic mass is 16.7. The number of fused-ring (bicyclic) bond motifs is 2. The smallest absolute Gasteiger partial charge is 0.290 e. The van der Waals surface area contributed by atoms with E-state index >= 15 is 0 Å². The summed E-state index contributed by atoms with van der Waals surface area (Å²) in [5.74, 6) is 0.117. The third-order valence-corrected chi connectivity index (χ3v) is 5.90. The Bertz CT molecular complexity index is 1100. The van der Waals surface area contributed by atoms with Crippen LogP contribution in [0.2, 0.25) is 0 Å². The fraction of sp³-hybridized carbons (Fsp3) is 0.409. The minimum Gasteiger partial charge on any atom is -0.451 e. The predicted octanol–water partition coefficient (Wildman–Crippen LogP) is 3.08. The number of aromatic nitrogens is 2. The number of hydroxylamine groups is 2. The van der Waals surface area contributed by atoms with Crippen molar-refractivity contribution in [1.82, 2.24) is 19.7 Å². The molecule has 8 heteroatoms. The number of furan rings is 1. The second-order valence-corrected chi connectivity index (χ2v) is 7.90. The molecule has 1 fully saturated rings. The highest BCUT2D eigenvalue weighted by Crippen LogP contribution is 2.29. The van der Waals surface area contributed by atoms with Crippen molar-refractivity contribution < 1.29 is 18.8 Å². The Morgan fingerprint density at radius 2 is 2.07 bits per heavy atom. The number of hydrogen-bond acceptors (Lipinski definition) is 5. The van der Waals surface area contributed by atoms with Crippen LogP contribution in [0.3, 0.4) is 0 Å². The Balaban J connectivity index is 1.39. The van der Waals surface area contributed by atoms with Crippen LogP contribution in [0.5, 0.6) is 0 Å². The summed E-state index contributed by atoms with van der Waals surface area (Å²) < 4.78 is 7.74. The molecule has 0 spiro atoms. The molecule has 0 N–H and O–H groups in total. The van der Waals surface area contributed by atoms with Crippen LogP contribution in [0.1, 0.15) is 47.1 Å². The number of carbonyl (C=O) groups is 2. The van der Waals surface area contributed by atoms with E-state index < -0.39 is 0 Å². The zero-order valence-electron chi connectivity index (χ0n) is 16.9. The lowest BCUT2D eigenvalue weighted by Gasteiger charge is -2.34. The van der Waals surface area contributed by atoms with Gasteiger partial charge in [0.2, 0.25) is 5.91 Å². The topological polar surface area (TPSA) is 80.8 Å². The lowest BCUT2D eigenvalue weighted by molar-refractivity contribution is -0.198. The van der Waals surface area contributed by atoms with Crippen LogP contribution >= 0.6 is 0 Å². The van der Waals surface area contributed by atoms with Crippen LogP contribution in [0.15, 0.2) is 40.9 Å². The summed E-state index contributed by atoms with van der Waals surface area (Å²) in [6.45, 7) is 3.91. The highest BCUT2D eigenvalue weighted by Gasteiger charge is 2.34. The molecule has 8 nitrogen and oxygen atoms in total. The number of para-hydroxylation sites is 1. The van der Waals surface area contributed by atoms with E-state index in [9.17, 15) is 9.59 Å². The highest BCUT2D eigenvalue weighted by molar-refractivity contribution is 5.99. The largest absolute Gasteiger partial charge is 0.451 e. The van der Waals surface area contributed by atoms with Crippen molar-refractivity contribution in [2.24, 2.45) is 0 Å². The van der Waals surface area contributed by atoms with Gasteiger partial charge in [-0.05, 0) is 31.9 Å². The van der Waals surface area contributed by atoms with Crippen molar-refractivity contribution in [2.75, 3.05) is 19.7 Å². The number of benzene rings is 1. The zero-order chi connectivity index (χ0) is 20.7. The third-order valence-electron chi connectivity index (χ3n) is 5.90. The van der Waals surface area contributed by atoms with E-state index in [2.05, 4.69) is 5.10 Å². The number of carbonyl (C=O) groups excluding carboxylic acids is 2.